The number of piperazine rings is 1. The van der Waals surface area contributed by atoms with E-state index in [0.29, 0.717) is 31.9 Å². The molecule has 1 fully saturated rings. The Labute approximate surface area is 146 Å². The molecule has 0 bridgehead atoms. The molecular formula is C16H24N4O5. The molecule has 0 unspecified atom stereocenters. The van der Waals surface area contributed by atoms with Gasteiger partial charge in [0.1, 0.15) is 17.9 Å². The SMILES string of the molecule is Cc1cc(C(=O)N2CCN(C(=O)CNC(=O)OC(C)(C)C)CC2)no1. The van der Waals surface area contributed by atoms with Crippen LogP contribution in [0, 0.1) is 6.92 Å². The lowest BCUT2D eigenvalue weighted by Crippen LogP contribution is -2.52. The predicted octanol–water partition coefficient (Wildman–Crippen LogP) is 0.792. The van der Waals surface area contributed by atoms with Crippen LogP contribution in [0.4, 0.5) is 4.79 Å². The van der Waals surface area contributed by atoms with Crippen molar-refractivity contribution >= 4 is 17.9 Å². The lowest BCUT2D eigenvalue weighted by molar-refractivity contribution is -0.131. The van der Waals surface area contributed by atoms with Crippen molar-refractivity contribution in [3.05, 3.63) is 17.5 Å². The molecule has 2 rings (SSSR count). The van der Waals surface area contributed by atoms with Gasteiger partial charge >= 0.3 is 6.09 Å². The molecule has 1 aliphatic rings. The van der Waals surface area contributed by atoms with E-state index in [1.807, 2.05) is 0 Å². The summed E-state index contributed by atoms with van der Waals surface area (Å²) in [6.07, 6.45) is -0.629. The highest BCUT2D eigenvalue weighted by Gasteiger charge is 2.26. The minimum atomic E-state index is -0.629. The first-order chi connectivity index (χ1) is 11.7. The number of carbonyl (C=O) groups is 3. The minimum absolute atomic E-state index is 0.134. The minimum Gasteiger partial charge on any atom is -0.444 e. The Morgan fingerprint density at radius 1 is 1.20 bits per heavy atom. The maximum atomic E-state index is 12.3. The molecule has 0 atom stereocenters. The van der Waals surface area contributed by atoms with Crippen LogP contribution in [0.1, 0.15) is 37.0 Å². The lowest BCUT2D eigenvalue weighted by Gasteiger charge is -2.34. The molecule has 0 aliphatic carbocycles. The molecular weight excluding hydrogens is 328 g/mol. The number of rotatable bonds is 3. The van der Waals surface area contributed by atoms with Crippen LogP contribution >= 0.6 is 0 Å². The number of nitrogens with zero attached hydrogens (tertiary/aromatic N) is 3. The normalized spacial score (nSPS) is 15.0. The number of aromatic nitrogens is 1. The van der Waals surface area contributed by atoms with E-state index in [1.54, 1.807) is 43.6 Å². The van der Waals surface area contributed by atoms with E-state index >= 15 is 0 Å². The van der Waals surface area contributed by atoms with Crippen molar-refractivity contribution in [2.75, 3.05) is 32.7 Å². The Morgan fingerprint density at radius 2 is 1.80 bits per heavy atom. The van der Waals surface area contributed by atoms with Crippen LogP contribution in [0.3, 0.4) is 0 Å². The molecule has 0 aromatic carbocycles. The number of ether oxygens (including phenoxy) is 1. The zero-order valence-electron chi connectivity index (χ0n) is 15.0. The Balaban J connectivity index is 1.76. The smallest absolute Gasteiger partial charge is 0.408 e. The van der Waals surface area contributed by atoms with Crippen LogP contribution in [0.25, 0.3) is 0 Å². The van der Waals surface area contributed by atoms with Gasteiger partial charge in [-0.2, -0.15) is 0 Å². The monoisotopic (exact) mass is 352 g/mol. The number of amides is 3. The average Bonchev–Trinajstić information content (AvgIpc) is 2.97. The first kappa shape index (κ1) is 18.8. The van der Waals surface area contributed by atoms with Gasteiger partial charge in [-0.05, 0) is 27.7 Å². The van der Waals surface area contributed by atoms with Gasteiger partial charge in [-0.1, -0.05) is 5.16 Å². The van der Waals surface area contributed by atoms with Crippen molar-refractivity contribution in [1.82, 2.24) is 20.3 Å². The lowest BCUT2D eigenvalue weighted by atomic mass is 10.2. The van der Waals surface area contributed by atoms with Gasteiger partial charge in [0.05, 0.1) is 0 Å². The van der Waals surface area contributed by atoms with Gasteiger partial charge in [0.2, 0.25) is 5.91 Å². The summed E-state index contributed by atoms with van der Waals surface area (Å²) in [5, 5.41) is 6.16. The zero-order valence-corrected chi connectivity index (χ0v) is 15.0. The molecule has 1 aliphatic heterocycles. The van der Waals surface area contributed by atoms with Crippen molar-refractivity contribution < 1.29 is 23.6 Å². The number of nitrogens with one attached hydrogen (secondary N) is 1. The maximum Gasteiger partial charge on any atom is 0.408 e. The molecule has 138 valence electrons. The van der Waals surface area contributed by atoms with E-state index < -0.39 is 11.7 Å². The number of aryl methyl sites for hydroxylation is 1. The fraction of sp³-hybridized carbons (Fsp3) is 0.625. The molecule has 0 saturated carbocycles. The molecule has 3 amide bonds. The Kier molecular flexibility index (Phi) is 5.66. The summed E-state index contributed by atoms with van der Waals surface area (Å²) in [7, 11) is 0. The van der Waals surface area contributed by atoms with E-state index in [9.17, 15) is 14.4 Å². The summed E-state index contributed by atoms with van der Waals surface area (Å²) in [5.41, 5.74) is -0.345. The van der Waals surface area contributed by atoms with Crippen molar-refractivity contribution in [2.45, 2.75) is 33.3 Å². The van der Waals surface area contributed by atoms with E-state index in [-0.39, 0.29) is 24.1 Å². The summed E-state index contributed by atoms with van der Waals surface area (Å²) < 4.78 is 10.00. The van der Waals surface area contributed by atoms with Crippen LogP contribution < -0.4 is 5.32 Å². The maximum absolute atomic E-state index is 12.3. The molecule has 0 spiro atoms. The summed E-state index contributed by atoms with van der Waals surface area (Å²) in [5.74, 6) is 0.149. The third-order valence-electron chi connectivity index (χ3n) is 3.55. The molecule has 1 aromatic heterocycles. The van der Waals surface area contributed by atoms with Gasteiger partial charge in [0.25, 0.3) is 5.91 Å². The van der Waals surface area contributed by atoms with Crippen molar-refractivity contribution in [1.29, 1.82) is 0 Å². The summed E-state index contributed by atoms with van der Waals surface area (Å²) in [4.78, 5) is 39.2. The zero-order chi connectivity index (χ0) is 18.6. The first-order valence-corrected chi connectivity index (χ1v) is 8.13. The number of alkyl carbamates (subject to hydrolysis) is 1. The van der Waals surface area contributed by atoms with E-state index in [2.05, 4.69) is 10.5 Å². The third kappa shape index (κ3) is 5.47. The number of hydrogen-bond donors (Lipinski definition) is 1. The molecule has 9 heteroatoms. The molecule has 0 radical (unpaired) electrons. The number of hydrogen-bond acceptors (Lipinski definition) is 6. The van der Waals surface area contributed by atoms with E-state index in [1.165, 1.54) is 0 Å². The molecule has 2 heterocycles. The molecule has 25 heavy (non-hydrogen) atoms. The fourth-order valence-electron chi connectivity index (χ4n) is 2.36. The van der Waals surface area contributed by atoms with Crippen LogP contribution in [0.2, 0.25) is 0 Å². The van der Waals surface area contributed by atoms with Gasteiger partial charge in [0, 0.05) is 32.2 Å². The molecule has 1 saturated heterocycles. The van der Waals surface area contributed by atoms with Gasteiger partial charge < -0.3 is 24.4 Å². The Hall–Kier alpha value is -2.58. The van der Waals surface area contributed by atoms with Gasteiger partial charge in [-0.3, -0.25) is 9.59 Å². The highest BCUT2D eigenvalue weighted by molar-refractivity contribution is 5.92. The average molecular weight is 352 g/mol. The second-order valence-electron chi connectivity index (χ2n) is 6.85. The second kappa shape index (κ2) is 7.54. The summed E-state index contributed by atoms with van der Waals surface area (Å²) in [6, 6.07) is 1.59. The van der Waals surface area contributed by atoms with Crippen molar-refractivity contribution in [3.63, 3.8) is 0 Å². The molecule has 1 aromatic rings. The predicted molar refractivity (Wildman–Crippen MR) is 88.0 cm³/mol. The summed E-state index contributed by atoms with van der Waals surface area (Å²) in [6.45, 7) is 8.45. The number of carbonyl (C=O) groups excluding carboxylic acids is 3. The Bertz CT molecular complexity index is 641. The van der Waals surface area contributed by atoms with Crippen LogP contribution in [0.5, 0.6) is 0 Å². The quantitative estimate of drug-likeness (QED) is 0.862. The first-order valence-electron chi connectivity index (χ1n) is 8.13. The highest BCUT2D eigenvalue weighted by Crippen LogP contribution is 2.10. The Morgan fingerprint density at radius 3 is 2.32 bits per heavy atom. The highest BCUT2D eigenvalue weighted by atomic mass is 16.6. The molecule has 1 N–H and O–H groups in total. The van der Waals surface area contributed by atoms with Gasteiger partial charge in [0.15, 0.2) is 5.69 Å². The van der Waals surface area contributed by atoms with Crippen molar-refractivity contribution in [2.24, 2.45) is 0 Å². The van der Waals surface area contributed by atoms with Crippen molar-refractivity contribution in [3.8, 4) is 0 Å². The summed E-state index contributed by atoms with van der Waals surface area (Å²) >= 11 is 0. The topological polar surface area (TPSA) is 105 Å². The van der Waals surface area contributed by atoms with Crippen LogP contribution in [-0.4, -0.2) is 71.2 Å². The van der Waals surface area contributed by atoms with E-state index in [4.69, 9.17) is 9.26 Å². The fourth-order valence-corrected chi connectivity index (χ4v) is 2.36. The van der Waals surface area contributed by atoms with Gasteiger partial charge in [-0.25, -0.2) is 4.79 Å². The third-order valence-corrected chi connectivity index (χ3v) is 3.55. The van der Waals surface area contributed by atoms with Gasteiger partial charge in [-0.15, -0.1) is 0 Å². The van der Waals surface area contributed by atoms with Crippen LogP contribution in [-0.2, 0) is 9.53 Å². The second-order valence-corrected chi connectivity index (χ2v) is 6.85. The standard InChI is InChI=1S/C16H24N4O5/c1-11-9-12(18-25-11)14(22)20-7-5-19(6-8-20)13(21)10-17-15(23)24-16(2,3)4/h9H,5-8,10H2,1-4H3,(H,17,23). The molecule has 9 nitrogen and oxygen atoms in total. The van der Waals surface area contributed by atoms with Crippen LogP contribution in [0.15, 0.2) is 10.6 Å². The van der Waals surface area contributed by atoms with E-state index in [0.717, 1.165) is 0 Å². The largest absolute Gasteiger partial charge is 0.444 e.